The molecule has 0 atom stereocenters. The Balaban J connectivity index is 1.66. The number of amides is 1. The number of benzene rings is 2. The molecule has 0 unspecified atom stereocenters. The summed E-state index contributed by atoms with van der Waals surface area (Å²) in [5.41, 5.74) is 6.00. The average Bonchev–Trinajstić information content (AvgIpc) is 3.30. The standard InChI is InChI=1S/C28H37F2N5O2Si/c1-19(2)16-35(18-31-27(36)22-12-13-23(29)24(30)14-22)34-26-15-25(32-33-26)21-10-8-20(9-11-21)17-37-38(6,7)28(3,4)5/h8-15,18-19H,16-17H2,1-7H3,(H2,32,33,34). The van der Waals surface area contributed by atoms with E-state index in [4.69, 9.17) is 4.43 Å². The molecule has 1 heterocycles. The second-order valence-corrected chi connectivity index (χ2v) is 16.1. The van der Waals surface area contributed by atoms with Crippen molar-refractivity contribution in [3.8, 4) is 11.3 Å². The van der Waals surface area contributed by atoms with Gasteiger partial charge in [-0.3, -0.25) is 20.3 Å². The number of aromatic nitrogens is 2. The van der Waals surface area contributed by atoms with Crippen LogP contribution in [-0.4, -0.2) is 42.3 Å². The van der Waals surface area contributed by atoms with E-state index < -0.39 is 25.9 Å². The fraction of sp³-hybridized carbons (Fsp3) is 0.393. The molecule has 0 saturated heterocycles. The normalized spacial score (nSPS) is 12.4. The van der Waals surface area contributed by atoms with Crippen LogP contribution in [0.5, 0.6) is 0 Å². The van der Waals surface area contributed by atoms with Gasteiger partial charge in [-0.15, -0.1) is 0 Å². The number of H-pyrrole nitrogens is 1. The van der Waals surface area contributed by atoms with Gasteiger partial charge in [0.05, 0.1) is 12.3 Å². The molecule has 10 heteroatoms. The lowest BCUT2D eigenvalue weighted by Crippen LogP contribution is -2.40. The fourth-order valence-electron chi connectivity index (χ4n) is 3.28. The number of nitrogens with zero attached hydrogens (tertiary/aromatic N) is 3. The minimum atomic E-state index is -1.82. The quantitative estimate of drug-likeness (QED) is 0.125. The van der Waals surface area contributed by atoms with Crippen LogP contribution >= 0.6 is 0 Å². The van der Waals surface area contributed by atoms with Gasteiger partial charge in [0.2, 0.25) is 0 Å². The zero-order valence-electron chi connectivity index (χ0n) is 23.1. The van der Waals surface area contributed by atoms with Gasteiger partial charge >= 0.3 is 0 Å². The van der Waals surface area contributed by atoms with Gasteiger partial charge in [-0.05, 0) is 53.4 Å². The van der Waals surface area contributed by atoms with Gasteiger partial charge in [-0.1, -0.05) is 58.9 Å². The first-order valence-electron chi connectivity index (χ1n) is 12.6. The molecule has 3 aromatic rings. The number of nitrogens with one attached hydrogen (secondary N) is 2. The molecule has 1 aromatic heterocycles. The van der Waals surface area contributed by atoms with Crippen molar-refractivity contribution in [2.75, 3.05) is 12.0 Å². The van der Waals surface area contributed by atoms with Crippen LogP contribution < -0.4 is 5.43 Å². The lowest BCUT2D eigenvalue weighted by Gasteiger charge is -2.36. The molecule has 38 heavy (non-hydrogen) atoms. The third-order valence-corrected chi connectivity index (χ3v) is 11.0. The Bertz CT molecular complexity index is 1270. The first-order valence-corrected chi connectivity index (χ1v) is 15.5. The number of carbonyl (C=O) groups excluding carboxylic acids is 1. The van der Waals surface area contributed by atoms with E-state index in [-0.39, 0.29) is 16.5 Å². The van der Waals surface area contributed by atoms with Gasteiger partial charge in [0.1, 0.15) is 6.34 Å². The van der Waals surface area contributed by atoms with Crippen LogP contribution in [0, 0.1) is 17.6 Å². The molecule has 0 aliphatic carbocycles. The number of anilines is 1. The Morgan fingerprint density at radius 2 is 1.82 bits per heavy atom. The Morgan fingerprint density at radius 3 is 2.42 bits per heavy atom. The third-order valence-electron chi connectivity index (χ3n) is 6.55. The van der Waals surface area contributed by atoms with Crippen LogP contribution in [0.25, 0.3) is 11.3 Å². The molecule has 2 aromatic carbocycles. The summed E-state index contributed by atoms with van der Waals surface area (Å²) in [6, 6.07) is 12.9. The van der Waals surface area contributed by atoms with E-state index in [0.29, 0.717) is 19.0 Å². The number of aliphatic imine (C=N–C) groups is 1. The molecule has 0 saturated carbocycles. The van der Waals surface area contributed by atoms with E-state index in [1.54, 1.807) is 5.01 Å². The van der Waals surface area contributed by atoms with E-state index in [9.17, 15) is 13.6 Å². The topological polar surface area (TPSA) is 82.6 Å². The maximum absolute atomic E-state index is 13.5. The SMILES string of the molecule is CC(C)CN(C=NC(=O)c1ccc(F)c(F)c1)Nc1cc(-c2ccc(CO[Si](C)(C)C(C)(C)C)cc2)[nH]n1. The molecule has 0 aliphatic heterocycles. The number of rotatable bonds is 10. The van der Waals surface area contributed by atoms with Crippen LogP contribution in [0.2, 0.25) is 18.1 Å². The lowest BCUT2D eigenvalue weighted by molar-refractivity contribution is 0.100. The first kappa shape index (κ1) is 29.2. The highest BCUT2D eigenvalue weighted by Gasteiger charge is 2.37. The number of hydrogen-bond donors (Lipinski definition) is 2. The largest absolute Gasteiger partial charge is 0.413 e. The number of carbonyl (C=O) groups is 1. The smallest absolute Gasteiger partial charge is 0.278 e. The zero-order valence-corrected chi connectivity index (χ0v) is 24.1. The van der Waals surface area contributed by atoms with Crippen LogP contribution in [0.4, 0.5) is 14.6 Å². The summed E-state index contributed by atoms with van der Waals surface area (Å²) in [6.45, 7) is 16.3. The summed E-state index contributed by atoms with van der Waals surface area (Å²) >= 11 is 0. The molecule has 0 bridgehead atoms. The maximum Gasteiger partial charge on any atom is 0.278 e. The first-order chi connectivity index (χ1) is 17.7. The van der Waals surface area contributed by atoms with Crippen molar-refractivity contribution in [3.63, 3.8) is 0 Å². The van der Waals surface area contributed by atoms with Crippen molar-refractivity contribution in [1.82, 2.24) is 15.2 Å². The Kier molecular flexibility index (Phi) is 9.21. The summed E-state index contributed by atoms with van der Waals surface area (Å²) in [5, 5.41) is 9.14. The minimum Gasteiger partial charge on any atom is -0.413 e. The van der Waals surface area contributed by atoms with E-state index in [2.05, 4.69) is 66.6 Å². The summed E-state index contributed by atoms with van der Waals surface area (Å²) in [4.78, 5) is 16.3. The molecule has 204 valence electrons. The van der Waals surface area contributed by atoms with Gasteiger partial charge in [-0.25, -0.2) is 8.78 Å². The second-order valence-electron chi connectivity index (χ2n) is 11.2. The monoisotopic (exact) mass is 541 g/mol. The van der Waals surface area contributed by atoms with E-state index >= 15 is 0 Å². The Hall–Kier alpha value is -3.37. The number of halogens is 2. The molecule has 0 fully saturated rings. The molecule has 1 amide bonds. The highest BCUT2D eigenvalue weighted by molar-refractivity contribution is 6.74. The molecular formula is C28H37F2N5O2Si. The van der Waals surface area contributed by atoms with Crippen LogP contribution in [0.3, 0.4) is 0 Å². The van der Waals surface area contributed by atoms with Gasteiger partial charge in [-0.2, -0.15) is 10.1 Å². The van der Waals surface area contributed by atoms with Crippen molar-refractivity contribution in [2.24, 2.45) is 10.9 Å². The van der Waals surface area contributed by atoms with E-state index in [0.717, 1.165) is 29.0 Å². The fourth-order valence-corrected chi connectivity index (χ4v) is 4.24. The molecule has 2 N–H and O–H groups in total. The molecule has 0 radical (unpaired) electrons. The van der Waals surface area contributed by atoms with Gasteiger partial charge in [0.15, 0.2) is 25.8 Å². The van der Waals surface area contributed by atoms with Gasteiger partial charge < -0.3 is 4.43 Å². The predicted molar refractivity (Wildman–Crippen MR) is 150 cm³/mol. The number of aromatic amines is 1. The summed E-state index contributed by atoms with van der Waals surface area (Å²) < 4.78 is 33.0. The lowest BCUT2D eigenvalue weighted by atomic mass is 10.1. The summed E-state index contributed by atoms with van der Waals surface area (Å²) in [5.74, 6) is -2.01. The van der Waals surface area contributed by atoms with Crippen molar-refractivity contribution in [3.05, 3.63) is 71.3 Å². The van der Waals surface area contributed by atoms with Crippen molar-refractivity contribution in [1.29, 1.82) is 0 Å². The summed E-state index contributed by atoms with van der Waals surface area (Å²) in [7, 11) is -1.82. The molecule has 0 spiro atoms. The van der Waals surface area contributed by atoms with Crippen LogP contribution in [0.1, 0.15) is 50.5 Å². The number of hydrazine groups is 1. The Labute approximate surface area is 224 Å². The molecule has 3 rings (SSSR count). The van der Waals surface area contributed by atoms with Gasteiger partial charge in [0.25, 0.3) is 5.91 Å². The molecular weight excluding hydrogens is 504 g/mol. The zero-order chi connectivity index (χ0) is 28.1. The highest BCUT2D eigenvalue weighted by Crippen LogP contribution is 2.37. The second kappa shape index (κ2) is 12.0. The Morgan fingerprint density at radius 1 is 1.13 bits per heavy atom. The van der Waals surface area contributed by atoms with Gasteiger partial charge in [0, 0.05) is 18.2 Å². The van der Waals surface area contributed by atoms with E-state index in [1.165, 1.54) is 12.4 Å². The molecule has 0 aliphatic rings. The number of hydrogen-bond acceptors (Lipinski definition) is 4. The molecule has 7 nitrogen and oxygen atoms in total. The maximum atomic E-state index is 13.5. The highest BCUT2D eigenvalue weighted by atomic mass is 28.4. The summed E-state index contributed by atoms with van der Waals surface area (Å²) in [6.07, 6.45) is 1.33. The minimum absolute atomic E-state index is 0.0372. The van der Waals surface area contributed by atoms with Crippen molar-refractivity contribution >= 4 is 26.4 Å². The predicted octanol–water partition coefficient (Wildman–Crippen LogP) is 7.03. The average molecular weight is 542 g/mol. The third kappa shape index (κ3) is 7.81. The van der Waals surface area contributed by atoms with Crippen LogP contribution in [-0.2, 0) is 11.0 Å². The van der Waals surface area contributed by atoms with Crippen LogP contribution in [0.15, 0.2) is 53.5 Å². The van der Waals surface area contributed by atoms with E-state index in [1.807, 2.05) is 32.0 Å². The van der Waals surface area contributed by atoms with Crippen molar-refractivity contribution < 1.29 is 18.0 Å². The van der Waals surface area contributed by atoms with Crippen molar-refractivity contribution in [2.45, 2.75) is 59.4 Å².